The van der Waals surface area contributed by atoms with Gasteiger partial charge in [0.2, 0.25) is 0 Å². The normalized spacial score (nSPS) is 11.5. The maximum atomic E-state index is 12.6. The molecule has 1 heterocycles. The first-order valence-corrected chi connectivity index (χ1v) is 11.4. The van der Waals surface area contributed by atoms with Crippen LogP contribution in [0.3, 0.4) is 0 Å². The molecule has 0 saturated carbocycles. The summed E-state index contributed by atoms with van der Waals surface area (Å²) in [5.41, 5.74) is 2.61. The molecule has 0 spiro atoms. The number of rotatable bonds is 9. The van der Waals surface area contributed by atoms with E-state index in [0.29, 0.717) is 22.8 Å². The van der Waals surface area contributed by atoms with Gasteiger partial charge in [-0.05, 0) is 57.5 Å². The van der Waals surface area contributed by atoms with Crippen LogP contribution >= 0.6 is 11.6 Å². The van der Waals surface area contributed by atoms with Crippen molar-refractivity contribution in [1.82, 2.24) is 15.1 Å². The molecule has 34 heavy (non-hydrogen) atoms. The van der Waals surface area contributed by atoms with E-state index < -0.39 is 11.6 Å². The lowest BCUT2D eigenvalue weighted by Crippen LogP contribution is -2.35. The van der Waals surface area contributed by atoms with Gasteiger partial charge in [-0.1, -0.05) is 41.9 Å². The summed E-state index contributed by atoms with van der Waals surface area (Å²) < 4.78 is 12.5. The quantitative estimate of drug-likeness (QED) is 0.439. The Hall–Kier alpha value is -3.16. The van der Waals surface area contributed by atoms with E-state index in [1.165, 1.54) is 7.11 Å². The second-order valence-corrected chi connectivity index (χ2v) is 9.18. The highest BCUT2D eigenvalue weighted by molar-refractivity contribution is 6.31. The molecule has 7 nitrogen and oxygen atoms in total. The summed E-state index contributed by atoms with van der Waals surface area (Å²) in [4.78, 5) is 24.5. The first-order valence-electron chi connectivity index (χ1n) is 11.0. The molecule has 0 aliphatic carbocycles. The highest BCUT2D eigenvalue weighted by atomic mass is 35.5. The molecule has 1 N–H and O–H groups in total. The van der Waals surface area contributed by atoms with Crippen molar-refractivity contribution in [1.29, 1.82) is 0 Å². The van der Waals surface area contributed by atoms with Crippen LogP contribution < -0.4 is 5.32 Å². The Morgan fingerprint density at radius 3 is 2.53 bits per heavy atom. The Morgan fingerprint density at radius 1 is 1.12 bits per heavy atom. The molecule has 0 aliphatic rings. The summed E-state index contributed by atoms with van der Waals surface area (Å²) in [6, 6.07) is 16.9. The van der Waals surface area contributed by atoms with E-state index in [0.717, 1.165) is 16.8 Å². The number of esters is 1. The van der Waals surface area contributed by atoms with Crippen molar-refractivity contribution in [2.24, 2.45) is 0 Å². The molecule has 0 aliphatic heterocycles. The third-order valence-electron chi connectivity index (χ3n) is 5.21. The molecule has 1 amide bonds. The van der Waals surface area contributed by atoms with Gasteiger partial charge >= 0.3 is 5.97 Å². The summed E-state index contributed by atoms with van der Waals surface area (Å²) in [5.74, 6) is -0.607. The SMILES string of the molecule is COC(=O)C(C)(C)OCc1cc(-c2cccc(C(=O)NC(C)C)c2)n(Cc2ccccc2Cl)n1. The Balaban J connectivity index is 1.97. The van der Waals surface area contributed by atoms with Crippen molar-refractivity contribution in [3.8, 4) is 11.3 Å². The first-order chi connectivity index (χ1) is 16.1. The molecule has 0 fully saturated rings. The number of benzene rings is 2. The van der Waals surface area contributed by atoms with Gasteiger partial charge in [0.25, 0.3) is 5.91 Å². The second kappa shape index (κ2) is 10.8. The van der Waals surface area contributed by atoms with Crippen LogP contribution in [0.25, 0.3) is 11.3 Å². The average Bonchev–Trinajstić information content (AvgIpc) is 3.21. The number of ether oxygens (including phenoxy) is 2. The minimum atomic E-state index is -1.11. The van der Waals surface area contributed by atoms with Gasteiger partial charge in [-0.3, -0.25) is 9.48 Å². The maximum Gasteiger partial charge on any atom is 0.337 e. The number of amides is 1. The van der Waals surface area contributed by atoms with Crippen LogP contribution in [-0.4, -0.2) is 40.4 Å². The molecule has 0 radical (unpaired) electrons. The van der Waals surface area contributed by atoms with Crippen LogP contribution in [0.2, 0.25) is 5.02 Å². The van der Waals surface area contributed by atoms with E-state index in [-0.39, 0.29) is 18.6 Å². The topological polar surface area (TPSA) is 82.5 Å². The number of halogens is 1. The number of nitrogens with zero attached hydrogens (tertiary/aromatic N) is 2. The third kappa shape index (κ3) is 6.24. The van der Waals surface area contributed by atoms with E-state index in [9.17, 15) is 9.59 Å². The van der Waals surface area contributed by atoms with Gasteiger partial charge in [0.05, 0.1) is 31.6 Å². The fraction of sp³-hybridized carbons (Fsp3) is 0.346. The van der Waals surface area contributed by atoms with Gasteiger partial charge in [0.1, 0.15) is 0 Å². The summed E-state index contributed by atoms with van der Waals surface area (Å²) in [6.07, 6.45) is 0. The molecule has 1 aromatic heterocycles. The summed E-state index contributed by atoms with van der Waals surface area (Å²) in [5, 5.41) is 8.27. The van der Waals surface area contributed by atoms with E-state index >= 15 is 0 Å². The molecule has 0 atom stereocenters. The Bertz CT molecular complexity index is 1170. The molecular weight excluding hydrogens is 454 g/mol. The molecule has 0 unspecified atom stereocenters. The van der Waals surface area contributed by atoms with Crippen molar-refractivity contribution in [3.05, 3.63) is 76.4 Å². The molecule has 0 saturated heterocycles. The zero-order valence-electron chi connectivity index (χ0n) is 20.1. The highest BCUT2D eigenvalue weighted by Crippen LogP contribution is 2.26. The minimum Gasteiger partial charge on any atom is -0.467 e. The minimum absolute atomic E-state index is 0.0313. The van der Waals surface area contributed by atoms with Crippen molar-refractivity contribution in [2.75, 3.05) is 7.11 Å². The largest absolute Gasteiger partial charge is 0.467 e. The van der Waals surface area contributed by atoms with Crippen molar-refractivity contribution in [2.45, 2.75) is 52.5 Å². The van der Waals surface area contributed by atoms with E-state index in [1.807, 2.05) is 67.1 Å². The third-order valence-corrected chi connectivity index (χ3v) is 5.58. The fourth-order valence-electron chi connectivity index (χ4n) is 3.41. The number of carbonyl (C=O) groups is 2. The number of nitrogens with one attached hydrogen (secondary N) is 1. The van der Waals surface area contributed by atoms with Gasteiger partial charge in [-0.25, -0.2) is 4.79 Å². The zero-order chi connectivity index (χ0) is 24.9. The van der Waals surface area contributed by atoms with Gasteiger partial charge in [-0.2, -0.15) is 5.10 Å². The van der Waals surface area contributed by atoms with Crippen molar-refractivity contribution < 1.29 is 19.1 Å². The number of hydrogen-bond donors (Lipinski definition) is 1. The number of hydrogen-bond acceptors (Lipinski definition) is 5. The lowest BCUT2D eigenvalue weighted by atomic mass is 10.1. The van der Waals surface area contributed by atoms with E-state index in [1.54, 1.807) is 19.9 Å². The summed E-state index contributed by atoms with van der Waals surface area (Å²) in [6.45, 7) is 7.68. The summed E-state index contributed by atoms with van der Waals surface area (Å²) in [7, 11) is 1.33. The number of methoxy groups -OCH3 is 1. The monoisotopic (exact) mass is 483 g/mol. The Kier molecular flexibility index (Phi) is 8.12. The highest BCUT2D eigenvalue weighted by Gasteiger charge is 2.30. The van der Waals surface area contributed by atoms with E-state index in [2.05, 4.69) is 5.32 Å². The first kappa shape index (κ1) is 25.5. The number of aromatic nitrogens is 2. The van der Waals surface area contributed by atoms with Gasteiger partial charge in [0, 0.05) is 22.2 Å². The fourth-order valence-corrected chi connectivity index (χ4v) is 3.60. The van der Waals surface area contributed by atoms with Crippen LogP contribution in [0.5, 0.6) is 0 Å². The zero-order valence-corrected chi connectivity index (χ0v) is 20.8. The van der Waals surface area contributed by atoms with Gasteiger partial charge < -0.3 is 14.8 Å². The molecule has 3 aromatic rings. The second-order valence-electron chi connectivity index (χ2n) is 8.77. The molecule has 8 heteroatoms. The molecular formula is C26H30ClN3O4. The molecule has 3 rings (SSSR count). The number of carbonyl (C=O) groups excluding carboxylic acids is 2. The Labute approximate surface area is 205 Å². The molecule has 0 bridgehead atoms. The van der Waals surface area contributed by atoms with Crippen molar-refractivity contribution >= 4 is 23.5 Å². The van der Waals surface area contributed by atoms with Gasteiger partial charge in [-0.15, -0.1) is 0 Å². The van der Waals surface area contributed by atoms with Crippen LogP contribution in [0.4, 0.5) is 0 Å². The lowest BCUT2D eigenvalue weighted by Gasteiger charge is -2.21. The average molecular weight is 484 g/mol. The standard InChI is InChI=1S/C26H30ClN3O4/c1-17(2)28-24(31)19-11-8-10-18(13-19)23-14-21(16-34-26(3,4)25(32)33-5)29-30(23)15-20-9-6-7-12-22(20)27/h6-14,17H,15-16H2,1-5H3,(H,28,31). The van der Waals surface area contributed by atoms with Gasteiger partial charge in [0.15, 0.2) is 5.60 Å². The van der Waals surface area contributed by atoms with E-state index in [4.69, 9.17) is 26.2 Å². The van der Waals surface area contributed by atoms with Crippen LogP contribution in [0.15, 0.2) is 54.6 Å². The summed E-state index contributed by atoms with van der Waals surface area (Å²) >= 11 is 6.40. The smallest absolute Gasteiger partial charge is 0.337 e. The van der Waals surface area contributed by atoms with Crippen LogP contribution in [0, 0.1) is 0 Å². The van der Waals surface area contributed by atoms with Crippen LogP contribution in [-0.2, 0) is 27.4 Å². The predicted octanol–water partition coefficient (Wildman–Crippen LogP) is 4.86. The maximum absolute atomic E-state index is 12.6. The molecule has 180 valence electrons. The Morgan fingerprint density at radius 2 is 1.85 bits per heavy atom. The van der Waals surface area contributed by atoms with Crippen LogP contribution in [0.1, 0.15) is 49.3 Å². The lowest BCUT2D eigenvalue weighted by molar-refractivity contribution is -0.166. The molecule has 2 aromatic carbocycles. The predicted molar refractivity (Wildman–Crippen MR) is 132 cm³/mol. The van der Waals surface area contributed by atoms with Crippen molar-refractivity contribution in [3.63, 3.8) is 0 Å².